The zero-order valence-electron chi connectivity index (χ0n) is 18.4. The van der Waals surface area contributed by atoms with Crippen LogP contribution in [-0.4, -0.2) is 64.4 Å². The van der Waals surface area contributed by atoms with Crippen molar-refractivity contribution >= 4 is 33.3 Å². The number of likely N-dealkylation sites (tertiary alicyclic amines) is 2. The minimum Gasteiger partial charge on any atom is -0.369 e. The van der Waals surface area contributed by atoms with Crippen molar-refractivity contribution in [3.05, 3.63) is 16.3 Å². The van der Waals surface area contributed by atoms with Crippen LogP contribution in [0.5, 0.6) is 0 Å². The second-order valence-electron chi connectivity index (χ2n) is 9.07. The summed E-state index contributed by atoms with van der Waals surface area (Å²) < 4.78 is 0. The van der Waals surface area contributed by atoms with Crippen LogP contribution >= 0.6 is 11.3 Å². The SMILES string of the molecule is Cc1sc2nc(CN3CCC(C)CC3)nc(NC3CCN(CC(N)=O)CC3)c2c1C. The average Bonchev–Trinajstić information content (AvgIpc) is 2.99. The molecule has 2 fully saturated rings. The van der Waals surface area contributed by atoms with E-state index >= 15 is 0 Å². The summed E-state index contributed by atoms with van der Waals surface area (Å²) in [5.41, 5.74) is 6.63. The van der Waals surface area contributed by atoms with Crippen molar-refractivity contribution in [2.75, 3.05) is 38.0 Å². The maximum Gasteiger partial charge on any atom is 0.231 e. The molecule has 2 saturated heterocycles. The number of rotatable bonds is 6. The first-order valence-corrected chi connectivity index (χ1v) is 12.0. The predicted molar refractivity (Wildman–Crippen MR) is 123 cm³/mol. The van der Waals surface area contributed by atoms with Gasteiger partial charge < -0.3 is 11.1 Å². The molecule has 0 spiro atoms. The van der Waals surface area contributed by atoms with Gasteiger partial charge in [0.25, 0.3) is 0 Å². The van der Waals surface area contributed by atoms with Crippen molar-refractivity contribution in [1.29, 1.82) is 0 Å². The van der Waals surface area contributed by atoms with Gasteiger partial charge in [-0.25, -0.2) is 9.97 Å². The van der Waals surface area contributed by atoms with E-state index < -0.39 is 0 Å². The summed E-state index contributed by atoms with van der Waals surface area (Å²) in [6.45, 7) is 11.9. The van der Waals surface area contributed by atoms with Crippen LogP contribution in [0, 0.1) is 19.8 Å². The Labute approximate surface area is 183 Å². The van der Waals surface area contributed by atoms with Gasteiger partial charge in [-0.15, -0.1) is 11.3 Å². The van der Waals surface area contributed by atoms with Crippen LogP contribution in [0.15, 0.2) is 0 Å². The zero-order valence-corrected chi connectivity index (χ0v) is 19.2. The molecule has 164 valence electrons. The summed E-state index contributed by atoms with van der Waals surface area (Å²) in [5.74, 6) is 2.48. The Balaban J connectivity index is 1.51. The van der Waals surface area contributed by atoms with E-state index in [1.807, 2.05) is 0 Å². The van der Waals surface area contributed by atoms with E-state index in [0.717, 1.165) is 68.0 Å². The topological polar surface area (TPSA) is 87.4 Å². The van der Waals surface area contributed by atoms with Crippen LogP contribution in [0.25, 0.3) is 10.2 Å². The number of nitrogens with zero attached hydrogens (tertiary/aromatic N) is 4. The largest absolute Gasteiger partial charge is 0.369 e. The quantitative estimate of drug-likeness (QED) is 0.733. The number of thiophene rings is 1. The van der Waals surface area contributed by atoms with Crippen molar-refractivity contribution in [3.8, 4) is 0 Å². The van der Waals surface area contributed by atoms with Crippen LogP contribution in [0.4, 0.5) is 5.82 Å². The van der Waals surface area contributed by atoms with Gasteiger partial charge in [0, 0.05) is 24.0 Å². The lowest BCUT2D eigenvalue weighted by atomic mass is 9.99. The summed E-state index contributed by atoms with van der Waals surface area (Å²) in [6, 6.07) is 0.357. The van der Waals surface area contributed by atoms with Crippen molar-refractivity contribution in [2.24, 2.45) is 11.7 Å². The average molecular weight is 431 g/mol. The van der Waals surface area contributed by atoms with Crippen molar-refractivity contribution in [1.82, 2.24) is 19.8 Å². The van der Waals surface area contributed by atoms with Gasteiger partial charge in [-0.3, -0.25) is 14.6 Å². The summed E-state index contributed by atoms with van der Waals surface area (Å²) in [6.07, 6.45) is 4.49. The summed E-state index contributed by atoms with van der Waals surface area (Å²) in [5, 5.41) is 4.90. The van der Waals surface area contributed by atoms with Crippen molar-refractivity contribution in [3.63, 3.8) is 0 Å². The van der Waals surface area contributed by atoms with Crippen LogP contribution in [0.3, 0.4) is 0 Å². The lowest BCUT2D eigenvalue weighted by Gasteiger charge is -2.32. The number of aromatic nitrogens is 2. The van der Waals surface area contributed by atoms with Crippen LogP contribution in [0.1, 0.15) is 48.9 Å². The molecule has 0 aliphatic carbocycles. The maximum atomic E-state index is 11.2. The summed E-state index contributed by atoms with van der Waals surface area (Å²) in [4.78, 5) is 28.2. The number of fused-ring (bicyclic) bond motifs is 1. The van der Waals surface area contributed by atoms with E-state index in [1.165, 1.54) is 28.7 Å². The zero-order chi connectivity index (χ0) is 21.3. The fourth-order valence-electron chi connectivity index (χ4n) is 4.54. The number of amides is 1. The van der Waals surface area contributed by atoms with Crippen molar-refractivity contribution in [2.45, 2.75) is 59.0 Å². The number of hydrogen-bond acceptors (Lipinski definition) is 7. The van der Waals surface area contributed by atoms with E-state index in [1.54, 1.807) is 11.3 Å². The smallest absolute Gasteiger partial charge is 0.231 e. The molecule has 4 rings (SSSR count). The second kappa shape index (κ2) is 9.16. The minimum atomic E-state index is -0.250. The molecule has 2 aromatic rings. The number of primary amides is 1. The van der Waals surface area contributed by atoms with Crippen LogP contribution in [-0.2, 0) is 11.3 Å². The number of nitrogens with two attached hydrogens (primary N) is 1. The van der Waals surface area contributed by atoms with E-state index in [2.05, 4.69) is 35.9 Å². The third kappa shape index (κ3) is 4.92. The molecule has 2 aliphatic rings. The minimum absolute atomic E-state index is 0.250. The highest BCUT2D eigenvalue weighted by Crippen LogP contribution is 2.34. The van der Waals surface area contributed by atoms with Gasteiger partial charge >= 0.3 is 0 Å². The Bertz CT molecular complexity index is 897. The molecular weight excluding hydrogens is 396 g/mol. The van der Waals surface area contributed by atoms with Crippen LogP contribution in [0.2, 0.25) is 0 Å². The van der Waals surface area contributed by atoms with Gasteiger partial charge in [0.2, 0.25) is 5.91 Å². The highest BCUT2D eigenvalue weighted by molar-refractivity contribution is 7.18. The van der Waals surface area contributed by atoms with Gasteiger partial charge in [0.1, 0.15) is 16.5 Å². The van der Waals surface area contributed by atoms with E-state index in [0.29, 0.717) is 12.6 Å². The number of anilines is 1. The first-order valence-electron chi connectivity index (χ1n) is 11.1. The molecule has 0 bridgehead atoms. The molecule has 0 saturated carbocycles. The molecule has 0 aromatic carbocycles. The molecule has 3 N–H and O–H groups in total. The molecule has 2 aromatic heterocycles. The number of piperidine rings is 2. The molecule has 7 nitrogen and oxygen atoms in total. The number of nitrogens with one attached hydrogen (secondary N) is 1. The number of carbonyl (C=O) groups excluding carboxylic acids is 1. The maximum absolute atomic E-state index is 11.2. The highest BCUT2D eigenvalue weighted by atomic mass is 32.1. The number of carbonyl (C=O) groups is 1. The van der Waals surface area contributed by atoms with Gasteiger partial charge in [-0.05, 0) is 64.1 Å². The van der Waals surface area contributed by atoms with Crippen molar-refractivity contribution < 1.29 is 4.79 Å². The molecule has 0 atom stereocenters. The van der Waals surface area contributed by atoms with Gasteiger partial charge in [0.15, 0.2) is 0 Å². The predicted octanol–water partition coefficient (Wildman–Crippen LogP) is 2.90. The van der Waals surface area contributed by atoms with Gasteiger partial charge in [-0.2, -0.15) is 0 Å². The van der Waals surface area contributed by atoms with E-state index in [4.69, 9.17) is 15.7 Å². The second-order valence-corrected chi connectivity index (χ2v) is 10.3. The number of aryl methyl sites for hydroxylation is 2. The molecular formula is C22H34N6OS. The number of hydrogen-bond donors (Lipinski definition) is 2. The van der Waals surface area contributed by atoms with E-state index in [9.17, 15) is 4.79 Å². The molecule has 2 aliphatic heterocycles. The molecule has 8 heteroatoms. The normalized spacial score (nSPS) is 20.1. The fourth-order valence-corrected chi connectivity index (χ4v) is 5.59. The molecule has 4 heterocycles. The Kier molecular flexibility index (Phi) is 6.55. The van der Waals surface area contributed by atoms with Gasteiger partial charge in [0.05, 0.1) is 18.5 Å². The third-order valence-corrected chi connectivity index (χ3v) is 7.73. The van der Waals surface area contributed by atoms with Crippen LogP contribution < -0.4 is 11.1 Å². The third-order valence-electron chi connectivity index (χ3n) is 6.62. The summed E-state index contributed by atoms with van der Waals surface area (Å²) in [7, 11) is 0. The molecule has 30 heavy (non-hydrogen) atoms. The summed E-state index contributed by atoms with van der Waals surface area (Å²) >= 11 is 1.77. The van der Waals surface area contributed by atoms with Gasteiger partial charge in [-0.1, -0.05) is 6.92 Å². The monoisotopic (exact) mass is 430 g/mol. The Morgan fingerprint density at radius 1 is 1.10 bits per heavy atom. The molecule has 1 amide bonds. The fraction of sp³-hybridized carbons (Fsp3) is 0.682. The lowest BCUT2D eigenvalue weighted by Crippen LogP contribution is -2.43. The highest BCUT2D eigenvalue weighted by Gasteiger charge is 2.23. The lowest BCUT2D eigenvalue weighted by molar-refractivity contribution is -0.119. The Hall–Kier alpha value is -1.77. The Morgan fingerprint density at radius 2 is 1.77 bits per heavy atom. The first kappa shape index (κ1) is 21.5. The molecule has 0 unspecified atom stereocenters. The Morgan fingerprint density at radius 3 is 2.43 bits per heavy atom. The first-order chi connectivity index (χ1) is 14.4. The standard InChI is InChI=1S/C22H34N6OS/c1-14-4-8-28(9-5-14)13-19-25-21(20-15(2)16(3)30-22(20)26-19)24-17-6-10-27(11-7-17)12-18(23)29/h14,17H,4-13H2,1-3H3,(H2,23,29)(H,24,25,26). The molecule has 0 radical (unpaired) electrons. The van der Waals surface area contributed by atoms with E-state index in [-0.39, 0.29) is 5.91 Å².